The Morgan fingerprint density at radius 2 is 1.94 bits per heavy atom. The van der Waals surface area contributed by atoms with Crippen LogP contribution in [0.25, 0.3) is 0 Å². The molecule has 0 aliphatic heterocycles. The molecule has 1 unspecified atom stereocenters. The summed E-state index contributed by atoms with van der Waals surface area (Å²) in [7, 11) is 0. The van der Waals surface area contributed by atoms with Gasteiger partial charge >= 0.3 is 0 Å². The minimum absolute atomic E-state index is 0.478. The molecule has 1 atom stereocenters. The fourth-order valence-corrected chi connectivity index (χ4v) is 1.91. The third kappa shape index (κ3) is 4.47. The van der Waals surface area contributed by atoms with Crippen LogP contribution in [-0.2, 0) is 5.60 Å². The fourth-order valence-electron chi connectivity index (χ4n) is 1.61. The van der Waals surface area contributed by atoms with E-state index in [0.717, 1.165) is 25.1 Å². The highest BCUT2D eigenvalue weighted by molar-refractivity contribution is 6.42. The zero-order valence-electron chi connectivity index (χ0n) is 10.3. The van der Waals surface area contributed by atoms with Crippen molar-refractivity contribution in [3.8, 4) is 0 Å². The van der Waals surface area contributed by atoms with Gasteiger partial charge in [0.1, 0.15) is 0 Å². The summed E-state index contributed by atoms with van der Waals surface area (Å²) in [6.45, 7) is 5.66. The zero-order valence-corrected chi connectivity index (χ0v) is 11.8. The van der Waals surface area contributed by atoms with Crippen molar-refractivity contribution in [3.63, 3.8) is 0 Å². The predicted octanol–water partition coefficient (Wildman–Crippen LogP) is 3.59. The fraction of sp³-hybridized carbons (Fsp3) is 0.538. The third-order valence-electron chi connectivity index (χ3n) is 2.76. The molecule has 4 heteroatoms. The minimum Gasteiger partial charge on any atom is -0.385 e. The summed E-state index contributed by atoms with van der Waals surface area (Å²) >= 11 is 11.8. The molecule has 1 rings (SSSR count). The van der Waals surface area contributed by atoms with Crippen molar-refractivity contribution in [2.45, 2.75) is 32.3 Å². The third-order valence-corrected chi connectivity index (χ3v) is 3.50. The highest BCUT2D eigenvalue weighted by atomic mass is 35.5. The smallest absolute Gasteiger partial charge is 0.0881 e. The summed E-state index contributed by atoms with van der Waals surface area (Å²) in [4.78, 5) is 0. The second-order valence-corrected chi connectivity index (χ2v) is 5.22. The van der Waals surface area contributed by atoms with Gasteiger partial charge in [-0.05, 0) is 50.6 Å². The van der Waals surface area contributed by atoms with E-state index in [4.69, 9.17) is 23.2 Å². The quantitative estimate of drug-likeness (QED) is 0.778. The highest BCUT2D eigenvalue weighted by Gasteiger charge is 2.23. The van der Waals surface area contributed by atoms with Gasteiger partial charge in [0.05, 0.1) is 15.6 Å². The number of benzene rings is 1. The average molecular weight is 276 g/mol. The lowest BCUT2D eigenvalue weighted by Gasteiger charge is -2.24. The van der Waals surface area contributed by atoms with Crippen LogP contribution < -0.4 is 5.32 Å². The monoisotopic (exact) mass is 275 g/mol. The van der Waals surface area contributed by atoms with Crippen molar-refractivity contribution >= 4 is 23.2 Å². The second-order valence-electron chi connectivity index (χ2n) is 4.40. The summed E-state index contributed by atoms with van der Waals surface area (Å²) in [6.07, 6.45) is 1.74. The molecule has 2 N–H and O–H groups in total. The second kappa shape index (κ2) is 6.60. The molecule has 0 aromatic heterocycles. The summed E-state index contributed by atoms with van der Waals surface area (Å²) in [5.41, 5.74) is -0.0835. The van der Waals surface area contributed by atoms with Gasteiger partial charge in [-0.15, -0.1) is 0 Å². The van der Waals surface area contributed by atoms with Crippen LogP contribution in [0.4, 0.5) is 0 Å². The molecule has 0 aliphatic rings. The van der Waals surface area contributed by atoms with Gasteiger partial charge in [0, 0.05) is 0 Å². The Bertz CT molecular complexity index is 366. The molecule has 0 aliphatic carbocycles. The molecule has 2 nitrogen and oxygen atoms in total. The Morgan fingerprint density at radius 1 is 1.24 bits per heavy atom. The Kier molecular flexibility index (Phi) is 5.74. The van der Waals surface area contributed by atoms with Crippen LogP contribution in [0.3, 0.4) is 0 Å². The first kappa shape index (κ1) is 14.8. The zero-order chi connectivity index (χ0) is 12.9. The van der Waals surface area contributed by atoms with Crippen LogP contribution in [0.1, 0.15) is 32.3 Å². The number of aliphatic hydroxyl groups is 1. The van der Waals surface area contributed by atoms with Crippen molar-refractivity contribution in [3.05, 3.63) is 33.8 Å². The van der Waals surface area contributed by atoms with Crippen molar-refractivity contribution < 1.29 is 5.11 Å². The molecule has 1 aromatic carbocycles. The Hall–Kier alpha value is -0.280. The lowest BCUT2D eigenvalue weighted by atomic mass is 9.92. The SMILES string of the molecule is CCCNCCC(C)(O)c1ccc(Cl)c(Cl)c1. The molecule has 0 amide bonds. The van der Waals surface area contributed by atoms with Crippen LogP contribution in [0.2, 0.25) is 10.0 Å². The minimum atomic E-state index is -0.880. The van der Waals surface area contributed by atoms with E-state index in [1.54, 1.807) is 19.1 Å². The molecule has 0 bridgehead atoms. The number of hydrogen-bond acceptors (Lipinski definition) is 2. The maximum Gasteiger partial charge on any atom is 0.0881 e. The Balaban J connectivity index is 2.64. The van der Waals surface area contributed by atoms with Gasteiger partial charge < -0.3 is 10.4 Å². The van der Waals surface area contributed by atoms with Crippen molar-refractivity contribution in [1.82, 2.24) is 5.32 Å². The first-order chi connectivity index (χ1) is 7.97. The summed E-state index contributed by atoms with van der Waals surface area (Å²) in [5.74, 6) is 0. The van der Waals surface area contributed by atoms with Crippen LogP contribution >= 0.6 is 23.2 Å². The maximum atomic E-state index is 10.4. The normalized spacial score (nSPS) is 14.6. The molecule has 96 valence electrons. The topological polar surface area (TPSA) is 32.3 Å². The number of rotatable bonds is 6. The molecule has 0 saturated carbocycles. The summed E-state index contributed by atoms with van der Waals surface area (Å²) in [5, 5.41) is 14.6. The maximum absolute atomic E-state index is 10.4. The molecule has 0 radical (unpaired) electrons. The van der Waals surface area contributed by atoms with Gasteiger partial charge in [-0.2, -0.15) is 0 Å². The molecule has 0 heterocycles. The van der Waals surface area contributed by atoms with Gasteiger partial charge in [0.25, 0.3) is 0 Å². The summed E-state index contributed by atoms with van der Waals surface area (Å²) < 4.78 is 0. The van der Waals surface area contributed by atoms with Crippen molar-refractivity contribution in [2.75, 3.05) is 13.1 Å². The van der Waals surface area contributed by atoms with E-state index < -0.39 is 5.60 Å². The molecule has 0 spiro atoms. The van der Waals surface area contributed by atoms with Crippen LogP contribution in [0.15, 0.2) is 18.2 Å². The van der Waals surface area contributed by atoms with E-state index in [1.807, 2.05) is 6.07 Å². The molecule has 17 heavy (non-hydrogen) atoms. The number of nitrogens with one attached hydrogen (secondary N) is 1. The van der Waals surface area contributed by atoms with Crippen LogP contribution in [0, 0.1) is 0 Å². The first-order valence-electron chi connectivity index (χ1n) is 5.86. The van der Waals surface area contributed by atoms with E-state index >= 15 is 0 Å². The van der Waals surface area contributed by atoms with Crippen LogP contribution in [-0.4, -0.2) is 18.2 Å². The van der Waals surface area contributed by atoms with E-state index in [1.165, 1.54) is 0 Å². The lowest BCUT2D eigenvalue weighted by Crippen LogP contribution is -2.28. The predicted molar refractivity (Wildman–Crippen MR) is 73.8 cm³/mol. The first-order valence-corrected chi connectivity index (χ1v) is 6.61. The highest BCUT2D eigenvalue weighted by Crippen LogP contribution is 2.30. The Labute approximate surface area is 113 Å². The molecule has 0 saturated heterocycles. The molecular formula is C13H19Cl2NO. The van der Waals surface area contributed by atoms with E-state index in [2.05, 4.69) is 12.2 Å². The lowest BCUT2D eigenvalue weighted by molar-refractivity contribution is 0.0481. The Morgan fingerprint density at radius 3 is 2.53 bits per heavy atom. The molecule has 0 fully saturated rings. The van der Waals surface area contributed by atoms with Gasteiger partial charge in [-0.3, -0.25) is 0 Å². The largest absolute Gasteiger partial charge is 0.385 e. The standard InChI is InChI=1S/C13H19Cl2NO/c1-3-7-16-8-6-13(2,17)10-4-5-11(14)12(15)9-10/h4-5,9,16-17H,3,6-8H2,1-2H3. The van der Waals surface area contributed by atoms with E-state index in [0.29, 0.717) is 16.5 Å². The molecular weight excluding hydrogens is 257 g/mol. The van der Waals surface area contributed by atoms with Gasteiger partial charge in [0.2, 0.25) is 0 Å². The number of halogens is 2. The molecule has 1 aromatic rings. The van der Waals surface area contributed by atoms with E-state index in [9.17, 15) is 5.11 Å². The average Bonchev–Trinajstić information content (AvgIpc) is 2.28. The number of hydrogen-bond donors (Lipinski definition) is 2. The summed E-state index contributed by atoms with van der Waals surface area (Å²) in [6, 6.07) is 5.25. The van der Waals surface area contributed by atoms with Crippen molar-refractivity contribution in [2.24, 2.45) is 0 Å². The van der Waals surface area contributed by atoms with Gasteiger partial charge in [-0.25, -0.2) is 0 Å². The van der Waals surface area contributed by atoms with Gasteiger partial charge in [-0.1, -0.05) is 36.2 Å². The van der Waals surface area contributed by atoms with Crippen LogP contribution in [0.5, 0.6) is 0 Å². The van der Waals surface area contributed by atoms with E-state index in [-0.39, 0.29) is 0 Å². The van der Waals surface area contributed by atoms with Gasteiger partial charge in [0.15, 0.2) is 0 Å². The van der Waals surface area contributed by atoms with Crippen molar-refractivity contribution in [1.29, 1.82) is 0 Å².